The number of carbonyl (C=O) groups excluding carboxylic acids is 1. The van der Waals surface area contributed by atoms with Crippen LogP contribution in [0.3, 0.4) is 0 Å². The van der Waals surface area contributed by atoms with Gasteiger partial charge in [-0.3, -0.25) is 9.78 Å². The Morgan fingerprint density at radius 2 is 2.10 bits per heavy atom. The van der Waals surface area contributed by atoms with Crippen molar-refractivity contribution in [2.24, 2.45) is 0 Å². The number of pyridine rings is 1. The lowest BCUT2D eigenvalue weighted by Crippen LogP contribution is -2.30. The zero-order chi connectivity index (χ0) is 14.5. The van der Waals surface area contributed by atoms with Gasteiger partial charge in [0.2, 0.25) is 0 Å². The first-order valence-corrected chi connectivity index (χ1v) is 6.35. The third-order valence-corrected chi connectivity index (χ3v) is 3.04. The topological polar surface area (TPSA) is 59.2 Å². The predicted molar refractivity (Wildman–Crippen MR) is 75.5 cm³/mol. The molecule has 0 saturated heterocycles. The Morgan fingerprint density at radius 3 is 2.75 bits per heavy atom. The first kappa shape index (κ1) is 14.0. The maximum atomic E-state index is 13.1. The van der Waals surface area contributed by atoms with Gasteiger partial charge in [-0.1, -0.05) is 18.2 Å². The third-order valence-electron chi connectivity index (χ3n) is 3.04. The van der Waals surface area contributed by atoms with Crippen molar-refractivity contribution in [3.63, 3.8) is 0 Å². The molecule has 104 valence electrons. The van der Waals surface area contributed by atoms with Gasteiger partial charge < -0.3 is 10.6 Å². The first-order chi connectivity index (χ1) is 9.61. The number of para-hydroxylation sites is 1. The Balaban J connectivity index is 2.20. The molecule has 0 radical (unpaired) electrons. The molecule has 1 heterocycles. The maximum absolute atomic E-state index is 13.1. The van der Waals surface area contributed by atoms with Crippen LogP contribution in [0, 0.1) is 5.82 Å². The third kappa shape index (κ3) is 3.12. The van der Waals surface area contributed by atoms with E-state index in [1.54, 1.807) is 11.0 Å². The number of aromatic nitrogens is 1. The van der Waals surface area contributed by atoms with Crippen molar-refractivity contribution in [1.29, 1.82) is 0 Å². The zero-order valence-electron chi connectivity index (χ0n) is 11.2. The van der Waals surface area contributed by atoms with Gasteiger partial charge in [-0.25, -0.2) is 4.39 Å². The number of amides is 1. The molecule has 0 aliphatic rings. The maximum Gasteiger partial charge on any atom is 0.255 e. The SMILES string of the molecule is CCN(Cc1ccccc1N)C(=O)c1cncc(F)c1. The average Bonchev–Trinajstić information content (AvgIpc) is 2.46. The lowest BCUT2D eigenvalue weighted by Gasteiger charge is -2.21. The Labute approximate surface area is 117 Å². The molecule has 0 fully saturated rings. The molecular formula is C15H16FN3O. The highest BCUT2D eigenvalue weighted by molar-refractivity contribution is 5.93. The van der Waals surface area contributed by atoms with E-state index < -0.39 is 5.82 Å². The first-order valence-electron chi connectivity index (χ1n) is 6.35. The standard InChI is InChI=1S/C15H16FN3O/c1-2-19(10-11-5-3-4-6-14(11)17)15(20)12-7-13(16)9-18-8-12/h3-9H,2,10,17H2,1H3. The van der Waals surface area contributed by atoms with Crippen LogP contribution >= 0.6 is 0 Å². The quantitative estimate of drug-likeness (QED) is 0.870. The van der Waals surface area contributed by atoms with Crippen LogP contribution in [0.2, 0.25) is 0 Å². The molecular weight excluding hydrogens is 257 g/mol. The highest BCUT2D eigenvalue weighted by atomic mass is 19.1. The molecule has 20 heavy (non-hydrogen) atoms. The molecule has 0 aliphatic carbocycles. The number of nitrogen functional groups attached to an aromatic ring is 1. The van der Waals surface area contributed by atoms with E-state index >= 15 is 0 Å². The van der Waals surface area contributed by atoms with Gasteiger partial charge in [0, 0.05) is 25.0 Å². The fourth-order valence-corrected chi connectivity index (χ4v) is 1.92. The van der Waals surface area contributed by atoms with Crippen LogP contribution in [0.1, 0.15) is 22.8 Å². The van der Waals surface area contributed by atoms with Crippen LogP contribution in [-0.2, 0) is 6.54 Å². The smallest absolute Gasteiger partial charge is 0.255 e. The molecule has 2 aromatic rings. The molecule has 2 N–H and O–H groups in total. The number of nitrogens with two attached hydrogens (primary N) is 1. The van der Waals surface area contributed by atoms with Gasteiger partial charge in [0.05, 0.1) is 11.8 Å². The fraction of sp³-hybridized carbons (Fsp3) is 0.200. The summed E-state index contributed by atoms with van der Waals surface area (Å²) in [6.07, 6.45) is 2.44. The van der Waals surface area contributed by atoms with Gasteiger partial charge in [-0.2, -0.15) is 0 Å². The number of benzene rings is 1. The minimum atomic E-state index is -0.522. The van der Waals surface area contributed by atoms with Crippen LogP contribution in [0.15, 0.2) is 42.7 Å². The van der Waals surface area contributed by atoms with Crippen molar-refractivity contribution in [2.45, 2.75) is 13.5 Å². The number of nitrogens with zero attached hydrogens (tertiary/aromatic N) is 2. The van der Waals surface area contributed by atoms with Crippen molar-refractivity contribution in [3.8, 4) is 0 Å². The number of halogens is 1. The summed E-state index contributed by atoms with van der Waals surface area (Å²) in [7, 11) is 0. The van der Waals surface area contributed by atoms with E-state index in [0.717, 1.165) is 11.8 Å². The highest BCUT2D eigenvalue weighted by Gasteiger charge is 2.16. The minimum absolute atomic E-state index is 0.237. The van der Waals surface area contributed by atoms with Crippen LogP contribution < -0.4 is 5.73 Å². The van der Waals surface area contributed by atoms with E-state index in [2.05, 4.69) is 4.98 Å². The molecule has 0 atom stereocenters. The average molecular weight is 273 g/mol. The number of hydrogen-bond donors (Lipinski definition) is 1. The number of anilines is 1. The highest BCUT2D eigenvalue weighted by Crippen LogP contribution is 2.15. The number of rotatable bonds is 4. The molecule has 1 amide bonds. The second-order valence-electron chi connectivity index (χ2n) is 4.41. The normalized spacial score (nSPS) is 10.3. The molecule has 5 heteroatoms. The second kappa shape index (κ2) is 6.14. The van der Waals surface area contributed by atoms with Gasteiger partial charge in [0.25, 0.3) is 5.91 Å². The van der Waals surface area contributed by atoms with E-state index in [-0.39, 0.29) is 11.5 Å². The summed E-state index contributed by atoms with van der Waals surface area (Å²) in [5, 5.41) is 0. The molecule has 1 aromatic heterocycles. The Bertz CT molecular complexity index is 616. The molecule has 0 unspecified atom stereocenters. The van der Waals surface area contributed by atoms with Gasteiger partial charge in [0.15, 0.2) is 0 Å². The van der Waals surface area contributed by atoms with Gasteiger partial charge in [-0.15, -0.1) is 0 Å². The fourth-order valence-electron chi connectivity index (χ4n) is 1.92. The van der Waals surface area contributed by atoms with E-state index in [0.29, 0.717) is 18.8 Å². The molecule has 0 aliphatic heterocycles. The summed E-state index contributed by atoms with van der Waals surface area (Å²) < 4.78 is 13.1. The molecule has 1 aromatic carbocycles. The van der Waals surface area contributed by atoms with E-state index in [9.17, 15) is 9.18 Å². The second-order valence-corrected chi connectivity index (χ2v) is 4.41. The van der Waals surface area contributed by atoms with Crippen molar-refractivity contribution >= 4 is 11.6 Å². The molecule has 4 nitrogen and oxygen atoms in total. The lowest BCUT2D eigenvalue weighted by molar-refractivity contribution is 0.0752. The Morgan fingerprint density at radius 1 is 1.35 bits per heavy atom. The van der Waals surface area contributed by atoms with E-state index in [1.165, 1.54) is 12.3 Å². The Kier molecular flexibility index (Phi) is 4.30. The number of carbonyl (C=O) groups is 1. The van der Waals surface area contributed by atoms with Crippen LogP contribution in [0.25, 0.3) is 0 Å². The summed E-state index contributed by atoms with van der Waals surface area (Å²) in [4.78, 5) is 17.6. The lowest BCUT2D eigenvalue weighted by atomic mass is 10.1. The van der Waals surface area contributed by atoms with Gasteiger partial charge >= 0.3 is 0 Å². The molecule has 0 spiro atoms. The summed E-state index contributed by atoms with van der Waals surface area (Å²) in [6.45, 7) is 2.76. The summed E-state index contributed by atoms with van der Waals surface area (Å²) in [5.41, 5.74) is 7.62. The summed E-state index contributed by atoms with van der Waals surface area (Å²) >= 11 is 0. The molecule has 0 saturated carbocycles. The van der Waals surface area contributed by atoms with E-state index in [1.807, 2.05) is 25.1 Å². The molecule has 0 bridgehead atoms. The largest absolute Gasteiger partial charge is 0.398 e. The van der Waals surface area contributed by atoms with Crippen LogP contribution in [0.4, 0.5) is 10.1 Å². The summed E-state index contributed by atoms with van der Waals surface area (Å²) in [6, 6.07) is 8.56. The molecule has 2 rings (SSSR count). The van der Waals surface area contributed by atoms with Crippen molar-refractivity contribution in [2.75, 3.05) is 12.3 Å². The zero-order valence-corrected chi connectivity index (χ0v) is 11.2. The van der Waals surface area contributed by atoms with Crippen LogP contribution in [-0.4, -0.2) is 22.3 Å². The van der Waals surface area contributed by atoms with E-state index in [4.69, 9.17) is 5.73 Å². The minimum Gasteiger partial charge on any atom is -0.398 e. The summed E-state index contributed by atoms with van der Waals surface area (Å²) in [5.74, 6) is -0.783. The van der Waals surface area contributed by atoms with Crippen molar-refractivity contribution < 1.29 is 9.18 Å². The number of hydrogen-bond acceptors (Lipinski definition) is 3. The van der Waals surface area contributed by atoms with Crippen LogP contribution in [0.5, 0.6) is 0 Å². The van der Waals surface area contributed by atoms with Crippen molar-refractivity contribution in [1.82, 2.24) is 9.88 Å². The van der Waals surface area contributed by atoms with Crippen molar-refractivity contribution in [3.05, 3.63) is 59.7 Å². The Hall–Kier alpha value is -2.43. The predicted octanol–water partition coefficient (Wildman–Crippen LogP) is 2.47. The van der Waals surface area contributed by atoms with Gasteiger partial charge in [0.1, 0.15) is 5.82 Å². The monoisotopic (exact) mass is 273 g/mol. The van der Waals surface area contributed by atoms with Gasteiger partial charge in [-0.05, 0) is 24.6 Å².